The number of likely N-dealkylation sites (N-methyl/N-ethyl adjacent to an activating group) is 1. The maximum absolute atomic E-state index is 12.4. The highest BCUT2D eigenvalue weighted by molar-refractivity contribution is 5.95. The van der Waals surface area contributed by atoms with Crippen LogP contribution in [0, 0.1) is 0 Å². The van der Waals surface area contributed by atoms with E-state index in [0.29, 0.717) is 30.3 Å². The average molecular weight is 390 g/mol. The summed E-state index contributed by atoms with van der Waals surface area (Å²) in [5, 5.41) is 0. The molecule has 1 aliphatic rings. The highest BCUT2D eigenvalue weighted by atomic mass is 16.5. The van der Waals surface area contributed by atoms with E-state index in [0.717, 1.165) is 28.7 Å². The smallest absolute Gasteiger partial charge is 0.242 e. The first kappa shape index (κ1) is 19.0. The van der Waals surface area contributed by atoms with Gasteiger partial charge in [0.25, 0.3) is 0 Å². The van der Waals surface area contributed by atoms with Gasteiger partial charge in [0.1, 0.15) is 18.2 Å². The zero-order valence-corrected chi connectivity index (χ0v) is 16.2. The van der Waals surface area contributed by atoms with E-state index in [1.54, 1.807) is 11.1 Å². The molecule has 0 radical (unpaired) electrons. The van der Waals surface area contributed by atoms with Crippen LogP contribution in [0.5, 0.6) is 5.75 Å². The monoisotopic (exact) mass is 390 g/mol. The summed E-state index contributed by atoms with van der Waals surface area (Å²) in [6.07, 6.45) is 1.66. The first-order valence-corrected chi connectivity index (χ1v) is 9.29. The molecule has 0 aliphatic carbocycles. The van der Waals surface area contributed by atoms with Gasteiger partial charge in [-0.2, -0.15) is 0 Å². The van der Waals surface area contributed by atoms with Crippen molar-refractivity contribution in [2.45, 2.75) is 0 Å². The molecule has 2 heterocycles. The van der Waals surface area contributed by atoms with Crippen molar-refractivity contribution in [3.8, 4) is 16.9 Å². The molecule has 1 aromatic heterocycles. The van der Waals surface area contributed by atoms with Crippen molar-refractivity contribution >= 4 is 35.2 Å². The van der Waals surface area contributed by atoms with Crippen molar-refractivity contribution in [3.05, 3.63) is 42.6 Å². The van der Waals surface area contributed by atoms with Gasteiger partial charge in [0.2, 0.25) is 5.91 Å². The third kappa shape index (κ3) is 3.80. The van der Waals surface area contributed by atoms with Crippen molar-refractivity contribution in [2.75, 3.05) is 38.3 Å². The summed E-state index contributed by atoms with van der Waals surface area (Å²) in [4.78, 5) is 29.3. The number of anilines is 1. The molecule has 1 saturated heterocycles. The summed E-state index contributed by atoms with van der Waals surface area (Å²) in [7, 11) is 1.93. The number of carbonyl (C=O) groups is 1. The van der Waals surface area contributed by atoms with E-state index in [1.165, 1.54) is 0 Å². The van der Waals surface area contributed by atoms with E-state index in [-0.39, 0.29) is 12.6 Å². The molecule has 148 valence electrons. The molecule has 0 spiro atoms. The van der Waals surface area contributed by atoms with Crippen LogP contribution in [0.4, 0.5) is 11.5 Å². The van der Waals surface area contributed by atoms with Crippen LogP contribution in [0.25, 0.3) is 22.2 Å². The minimum atomic E-state index is 0.0285. The summed E-state index contributed by atoms with van der Waals surface area (Å²) >= 11 is 0. The SMILES string of the molecule is C=Nc1cc(-c2ccc3ncc(N4CCN(C)CC4=O)nc3c2)ccc1OCN. The number of amides is 1. The van der Waals surface area contributed by atoms with E-state index < -0.39 is 0 Å². The molecule has 2 aromatic carbocycles. The van der Waals surface area contributed by atoms with Gasteiger partial charge in [-0.05, 0) is 49.2 Å². The third-order valence-electron chi connectivity index (χ3n) is 4.92. The van der Waals surface area contributed by atoms with Crippen molar-refractivity contribution in [2.24, 2.45) is 10.7 Å². The van der Waals surface area contributed by atoms with Gasteiger partial charge in [0, 0.05) is 13.1 Å². The van der Waals surface area contributed by atoms with Crippen LogP contribution in [0.1, 0.15) is 0 Å². The summed E-state index contributed by atoms with van der Waals surface area (Å²) < 4.78 is 5.37. The number of benzene rings is 2. The number of nitrogens with zero attached hydrogens (tertiary/aromatic N) is 5. The Morgan fingerprint density at radius 2 is 1.97 bits per heavy atom. The molecule has 29 heavy (non-hydrogen) atoms. The Kier molecular flexibility index (Phi) is 5.20. The maximum atomic E-state index is 12.4. The second-order valence-corrected chi connectivity index (χ2v) is 6.87. The number of aromatic nitrogens is 2. The second kappa shape index (κ2) is 7.94. The molecule has 0 bridgehead atoms. The lowest BCUT2D eigenvalue weighted by Crippen LogP contribution is -2.49. The van der Waals surface area contributed by atoms with E-state index in [9.17, 15) is 4.79 Å². The summed E-state index contributed by atoms with van der Waals surface area (Å²) in [5.74, 6) is 1.19. The number of hydrogen-bond donors (Lipinski definition) is 1. The van der Waals surface area contributed by atoms with Crippen LogP contribution in [-0.2, 0) is 4.79 Å². The van der Waals surface area contributed by atoms with Crippen LogP contribution < -0.4 is 15.4 Å². The number of fused-ring (bicyclic) bond motifs is 1. The van der Waals surface area contributed by atoms with Crippen LogP contribution in [0.15, 0.2) is 47.6 Å². The van der Waals surface area contributed by atoms with Gasteiger partial charge < -0.3 is 4.74 Å². The highest BCUT2D eigenvalue weighted by Crippen LogP contribution is 2.33. The predicted molar refractivity (Wildman–Crippen MR) is 114 cm³/mol. The molecule has 1 amide bonds. The Morgan fingerprint density at radius 3 is 2.72 bits per heavy atom. The minimum Gasteiger partial charge on any atom is -0.476 e. The topological polar surface area (TPSA) is 96.9 Å². The van der Waals surface area contributed by atoms with Crippen molar-refractivity contribution in [1.29, 1.82) is 0 Å². The van der Waals surface area contributed by atoms with E-state index in [4.69, 9.17) is 15.5 Å². The Morgan fingerprint density at radius 1 is 1.17 bits per heavy atom. The lowest BCUT2D eigenvalue weighted by atomic mass is 10.0. The maximum Gasteiger partial charge on any atom is 0.242 e. The van der Waals surface area contributed by atoms with Gasteiger partial charge in [0.15, 0.2) is 5.82 Å². The van der Waals surface area contributed by atoms with Gasteiger partial charge in [-0.3, -0.25) is 30.3 Å². The molecule has 0 saturated carbocycles. The van der Waals surface area contributed by atoms with Crippen LogP contribution >= 0.6 is 0 Å². The molecular formula is C21H22N6O2. The Bertz CT molecular complexity index is 1080. The van der Waals surface area contributed by atoms with Gasteiger partial charge in [-0.1, -0.05) is 12.1 Å². The van der Waals surface area contributed by atoms with Crippen molar-refractivity contribution < 1.29 is 9.53 Å². The standard InChI is InChI=1S/C21H22N6O2/c1-23-18-10-15(4-6-19(18)29-13-22)14-3-5-16-17(9-14)25-20(11-24-16)27-8-7-26(2)12-21(27)28/h3-6,9-11H,1,7-8,12-13,22H2,2H3. The van der Waals surface area contributed by atoms with Crippen LogP contribution in [0.2, 0.25) is 0 Å². The van der Waals surface area contributed by atoms with Crippen molar-refractivity contribution in [3.63, 3.8) is 0 Å². The number of rotatable bonds is 5. The number of hydrogen-bond acceptors (Lipinski definition) is 7. The lowest BCUT2D eigenvalue weighted by Gasteiger charge is -2.31. The van der Waals surface area contributed by atoms with Gasteiger partial charge in [0.05, 0.1) is 23.8 Å². The zero-order chi connectivity index (χ0) is 20.4. The lowest BCUT2D eigenvalue weighted by molar-refractivity contribution is -0.120. The Balaban J connectivity index is 1.70. The molecule has 2 N–H and O–H groups in total. The number of piperazine rings is 1. The molecule has 8 heteroatoms. The number of carbonyl (C=O) groups excluding carboxylic acids is 1. The van der Waals surface area contributed by atoms with E-state index >= 15 is 0 Å². The van der Waals surface area contributed by atoms with E-state index in [2.05, 4.69) is 16.7 Å². The van der Waals surface area contributed by atoms with Gasteiger partial charge in [-0.25, -0.2) is 4.98 Å². The first-order chi connectivity index (χ1) is 14.1. The van der Waals surface area contributed by atoms with Gasteiger partial charge in [-0.15, -0.1) is 0 Å². The summed E-state index contributed by atoms with van der Waals surface area (Å²) in [6.45, 7) is 5.46. The quantitative estimate of drug-likeness (QED) is 0.530. The molecule has 3 aromatic rings. The molecule has 0 unspecified atom stereocenters. The molecule has 4 rings (SSSR count). The molecular weight excluding hydrogens is 368 g/mol. The number of nitrogens with two attached hydrogens (primary N) is 1. The fourth-order valence-electron chi connectivity index (χ4n) is 3.38. The average Bonchev–Trinajstić information content (AvgIpc) is 2.73. The highest BCUT2D eigenvalue weighted by Gasteiger charge is 2.24. The minimum absolute atomic E-state index is 0.0285. The summed E-state index contributed by atoms with van der Waals surface area (Å²) in [5.41, 5.74) is 9.47. The number of aliphatic imine (C=N–C) groups is 1. The van der Waals surface area contributed by atoms with Crippen LogP contribution in [0.3, 0.4) is 0 Å². The van der Waals surface area contributed by atoms with E-state index in [1.807, 2.05) is 48.3 Å². The normalized spacial score (nSPS) is 15.0. The molecule has 0 atom stereocenters. The van der Waals surface area contributed by atoms with Crippen molar-refractivity contribution in [1.82, 2.24) is 14.9 Å². The fraction of sp³-hybridized carbons (Fsp3) is 0.238. The Hall–Kier alpha value is -3.36. The molecule has 8 nitrogen and oxygen atoms in total. The number of ether oxygens (including phenoxy) is 1. The second-order valence-electron chi connectivity index (χ2n) is 6.87. The molecule has 1 aliphatic heterocycles. The Labute approximate surface area is 168 Å². The predicted octanol–water partition coefficient (Wildman–Crippen LogP) is 2.20. The first-order valence-electron chi connectivity index (χ1n) is 9.29. The largest absolute Gasteiger partial charge is 0.476 e. The fourth-order valence-corrected chi connectivity index (χ4v) is 3.38. The molecule has 1 fully saturated rings. The zero-order valence-electron chi connectivity index (χ0n) is 16.2. The summed E-state index contributed by atoms with van der Waals surface area (Å²) in [6, 6.07) is 11.5. The van der Waals surface area contributed by atoms with Crippen LogP contribution in [-0.4, -0.2) is 60.9 Å². The van der Waals surface area contributed by atoms with Gasteiger partial charge >= 0.3 is 0 Å². The third-order valence-corrected chi connectivity index (χ3v) is 4.92.